The van der Waals surface area contributed by atoms with Crippen LogP contribution in [0.2, 0.25) is 0 Å². The van der Waals surface area contributed by atoms with Gasteiger partial charge in [0.15, 0.2) is 5.82 Å². The van der Waals surface area contributed by atoms with Crippen molar-refractivity contribution in [3.63, 3.8) is 0 Å². The summed E-state index contributed by atoms with van der Waals surface area (Å²) in [6.07, 6.45) is -0.0434. The molecule has 8 heteroatoms. The third-order valence-electron chi connectivity index (χ3n) is 4.33. The average molecular weight is 391 g/mol. The van der Waals surface area contributed by atoms with Gasteiger partial charge in [-0.15, -0.1) is 0 Å². The third kappa shape index (κ3) is 4.21. The van der Waals surface area contributed by atoms with Gasteiger partial charge in [0, 0.05) is 29.9 Å². The molecule has 0 aliphatic carbocycles. The van der Waals surface area contributed by atoms with Gasteiger partial charge in [-0.2, -0.15) is 5.10 Å². The summed E-state index contributed by atoms with van der Waals surface area (Å²) in [5, 5.41) is 6.83. The summed E-state index contributed by atoms with van der Waals surface area (Å²) in [5.74, 6) is -3.29. The van der Waals surface area contributed by atoms with Crippen LogP contribution in [0.1, 0.15) is 22.5 Å². The van der Waals surface area contributed by atoms with E-state index in [2.05, 4.69) is 10.4 Å². The molecule has 0 fully saturated rings. The number of aromatic nitrogens is 2. The van der Waals surface area contributed by atoms with Crippen LogP contribution in [0, 0.1) is 37.1 Å². The minimum atomic E-state index is -0.769. The van der Waals surface area contributed by atoms with Crippen LogP contribution in [0.3, 0.4) is 0 Å². The summed E-state index contributed by atoms with van der Waals surface area (Å²) in [7, 11) is 0. The van der Waals surface area contributed by atoms with E-state index in [9.17, 15) is 22.4 Å². The number of carbonyl (C=O) groups excluding carboxylic acids is 1. The Morgan fingerprint density at radius 1 is 1.00 bits per heavy atom. The Labute approximate surface area is 158 Å². The minimum absolute atomic E-state index is 0.0354. The van der Waals surface area contributed by atoms with Crippen molar-refractivity contribution in [2.24, 2.45) is 0 Å². The highest BCUT2D eigenvalue weighted by Gasteiger charge is 2.18. The van der Waals surface area contributed by atoms with Crippen molar-refractivity contribution in [1.29, 1.82) is 0 Å². The number of rotatable bonds is 5. The molecule has 1 heterocycles. The summed E-state index contributed by atoms with van der Waals surface area (Å²) in [5.41, 5.74) is 2.02. The Balaban J connectivity index is 1.75. The monoisotopic (exact) mass is 391 g/mol. The maximum atomic E-state index is 14.1. The van der Waals surface area contributed by atoms with Crippen molar-refractivity contribution >= 4 is 5.91 Å². The maximum Gasteiger partial charge on any atom is 0.224 e. The molecule has 1 aromatic heterocycles. The fourth-order valence-corrected chi connectivity index (χ4v) is 2.96. The van der Waals surface area contributed by atoms with E-state index in [4.69, 9.17) is 0 Å². The molecule has 0 saturated heterocycles. The molecule has 4 nitrogen and oxygen atoms in total. The molecule has 0 spiro atoms. The highest BCUT2D eigenvalue weighted by atomic mass is 19.1. The first kappa shape index (κ1) is 19.6. The van der Waals surface area contributed by atoms with Crippen LogP contribution in [0.25, 0.3) is 5.69 Å². The summed E-state index contributed by atoms with van der Waals surface area (Å²) >= 11 is 0. The highest BCUT2D eigenvalue weighted by molar-refractivity contribution is 5.79. The molecule has 0 atom stereocenters. The molecule has 28 heavy (non-hydrogen) atoms. The fourth-order valence-electron chi connectivity index (χ4n) is 2.96. The summed E-state index contributed by atoms with van der Waals surface area (Å²) in [6, 6.07) is 6.17. The largest absolute Gasteiger partial charge is 0.352 e. The molecular weight excluding hydrogens is 374 g/mol. The predicted molar refractivity (Wildman–Crippen MR) is 94.9 cm³/mol. The van der Waals surface area contributed by atoms with Crippen molar-refractivity contribution < 1.29 is 22.4 Å². The van der Waals surface area contributed by atoms with Crippen LogP contribution >= 0.6 is 0 Å². The van der Waals surface area contributed by atoms with Gasteiger partial charge in [-0.25, -0.2) is 22.2 Å². The minimum Gasteiger partial charge on any atom is -0.352 e. The Morgan fingerprint density at radius 2 is 1.68 bits per heavy atom. The smallest absolute Gasteiger partial charge is 0.224 e. The molecular formula is C20H17F4N3O. The van der Waals surface area contributed by atoms with E-state index in [1.165, 1.54) is 10.7 Å². The second-order valence-corrected chi connectivity index (χ2v) is 6.39. The second-order valence-electron chi connectivity index (χ2n) is 6.39. The molecule has 0 bridgehead atoms. The first-order valence-corrected chi connectivity index (χ1v) is 8.47. The lowest BCUT2D eigenvalue weighted by atomic mass is 10.1. The van der Waals surface area contributed by atoms with Crippen molar-refractivity contribution in [2.45, 2.75) is 26.8 Å². The zero-order valence-corrected chi connectivity index (χ0v) is 15.2. The lowest BCUT2D eigenvalue weighted by molar-refractivity contribution is -0.120. The summed E-state index contributed by atoms with van der Waals surface area (Å²) in [4.78, 5) is 12.3. The topological polar surface area (TPSA) is 46.9 Å². The van der Waals surface area contributed by atoms with Crippen molar-refractivity contribution in [2.75, 3.05) is 0 Å². The number of nitrogens with one attached hydrogen (secondary N) is 1. The van der Waals surface area contributed by atoms with E-state index in [0.717, 1.165) is 30.3 Å². The van der Waals surface area contributed by atoms with Gasteiger partial charge in [-0.05, 0) is 43.7 Å². The number of benzene rings is 2. The van der Waals surface area contributed by atoms with Crippen molar-refractivity contribution in [3.05, 3.63) is 82.2 Å². The Morgan fingerprint density at radius 3 is 2.32 bits per heavy atom. The maximum absolute atomic E-state index is 14.1. The number of amides is 1. The van der Waals surface area contributed by atoms with E-state index in [-0.39, 0.29) is 24.6 Å². The molecule has 3 aromatic rings. The van der Waals surface area contributed by atoms with Gasteiger partial charge in [-0.1, -0.05) is 0 Å². The standard InChI is InChI=1S/C20H17F4N3O/c1-11-17(9-20(28)25-10-13-5-15(22)7-16(23)6-13)12(2)27(26-11)19-4-3-14(21)8-18(19)24/h3-8H,9-10H2,1-2H3,(H,25,28). The molecule has 0 aliphatic rings. The quantitative estimate of drug-likeness (QED) is 0.671. The van der Waals surface area contributed by atoms with Gasteiger partial charge < -0.3 is 5.32 Å². The Bertz CT molecular complexity index is 1030. The lowest BCUT2D eigenvalue weighted by Crippen LogP contribution is -2.25. The van der Waals surface area contributed by atoms with Gasteiger partial charge in [-0.3, -0.25) is 4.79 Å². The molecule has 3 rings (SSSR count). The fraction of sp³-hybridized carbons (Fsp3) is 0.200. The first-order valence-electron chi connectivity index (χ1n) is 8.47. The van der Waals surface area contributed by atoms with Crippen LogP contribution in [0.5, 0.6) is 0 Å². The van der Waals surface area contributed by atoms with Crippen molar-refractivity contribution in [1.82, 2.24) is 15.1 Å². The van der Waals surface area contributed by atoms with Crippen LogP contribution in [-0.2, 0) is 17.8 Å². The van der Waals surface area contributed by atoms with Crippen LogP contribution in [0.4, 0.5) is 17.6 Å². The number of nitrogens with zero attached hydrogens (tertiary/aromatic N) is 2. The van der Waals surface area contributed by atoms with Crippen LogP contribution < -0.4 is 5.32 Å². The van der Waals surface area contributed by atoms with E-state index < -0.39 is 23.3 Å². The van der Waals surface area contributed by atoms with E-state index in [0.29, 0.717) is 22.5 Å². The number of aryl methyl sites for hydroxylation is 1. The lowest BCUT2D eigenvalue weighted by Gasteiger charge is -2.08. The molecule has 0 radical (unpaired) electrons. The average Bonchev–Trinajstić information content (AvgIpc) is 2.87. The summed E-state index contributed by atoms with van der Waals surface area (Å²) in [6.45, 7) is 3.31. The number of hydrogen-bond donors (Lipinski definition) is 1. The van der Waals surface area contributed by atoms with Crippen molar-refractivity contribution in [3.8, 4) is 5.69 Å². The van der Waals surface area contributed by atoms with Gasteiger partial charge in [0.2, 0.25) is 5.91 Å². The highest BCUT2D eigenvalue weighted by Crippen LogP contribution is 2.21. The normalized spacial score (nSPS) is 10.9. The first-order chi connectivity index (χ1) is 13.2. The molecule has 1 N–H and O–H groups in total. The molecule has 146 valence electrons. The zero-order chi connectivity index (χ0) is 20.4. The SMILES string of the molecule is Cc1nn(-c2ccc(F)cc2F)c(C)c1CC(=O)NCc1cc(F)cc(F)c1. The molecule has 1 amide bonds. The number of halogens is 4. The van der Waals surface area contributed by atoms with Gasteiger partial charge in [0.1, 0.15) is 23.1 Å². The molecule has 0 unspecified atom stereocenters. The van der Waals surface area contributed by atoms with Gasteiger partial charge in [0.25, 0.3) is 0 Å². The Kier molecular flexibility index (Phi) is 5.48. The van der Waals surface area contributed by atoms with E-state index >= 15 is 0 Å². The van der Waals surface area contributed by atoms with Gasteiger partial charge in [0.05, 0.1) is 12.1 Å². The predicted octanol–water partition coefficient (Wildman–Crippen LogP) is 3.90. The van der Waals surface area contributed by atoms with E-state index in [1.54, 1.807) is 13.8 Å². The Hall–Kier alpha value is -3.16. The second kappa shape index (κ2) is 7.84. The molecule has 0 aliphatic heterocycles. The summed E-state index contributed by atoms with van der Waals surface area (Å²) < 4.78 is 54.9. The van der Waals surface area contributed by atoms with Gasteiger partial charge >= 0.3 is 0 Å². The zero-order valence-electron chi connectivity index (χ0n) is 15.2. The van der Waals surface area contributed by atoms with Crippen LogP contribution in [-0.4, -0.2) is 15.7 Å². The molecule has 2 aromatic carbocycles. The van der Waals surface area contributed by atoms with Crippen LogP contribution in [0.15, 0.2) is 36.4 Å². The van der Waals surface area contributed by atoms with E-state index in [1.807, 2.05) is 0 Å². The third-order valence-corrected chi connectivity index (χ3v) is 4.33. The molecule has 0 saturated carbocycles. The number of hydrogen-bond acceptors (Lipinski definition) is 2. The number of carbonyl (C=O) groups is 1.